The van der Waals surface area contributed by atoms with Gasteiger partial charge in [0.25, 0.3) is 11.8 Å². The fourth-order valence-electron chi connectivity index (χ4n) is 2.78. The maximum Gasteiger partial charge on any atom is 0.267 e. The number of nitrogens with one attached hydrogen (secondary N) is 1. The molecule has 1 aliphatic rings. The molecule has 0 bridgehead atoms. The fourth-order valence-corrected chi connectivity index (χ4v) is 2.78. The van der Waals surface area contributed by atoms with Gasteiger partial charge in [-0.15, -0.1) is 0 Å². The van der Waals surface area contributed by atoms with E-state index in [1.54, 1.807) is 36.1 Å². The number of benzene rings is 2. The van der Waals surface area contributed by atoms with Crippen molar-refractivity contribution < 1.29 is 18.7 Å². The van der Waals surface area contributed by atoms with Crippen LogP contribution in [0.3, 0.4) is 0 Å². The number of hydrogen-bond donors (Lipinski definition) is 1. The Morgan fingerprint density at radius 1 is 1.28 bits per heavy atom. The highest BCUT2D eigenvalue weighted by Gasteiger charge is 2.31. The number of anilines is 2. The molecule has 0 spiro atoms. The van der Waals surface area contributed by atoms with Crippen molar-refractivity contribution in [1.29, 1.82) is 0 Å². The zero-order chi connectivity index (χ0) is 18.0. The summed E-state index contributed by atoms with van der Waals surface area (Å²) in [7, 11) is 0. The molecule has 5 nitrogen and oxygen atoms in total. The second-order valence-electron chi connectivity index (χ2n) is 5.87. The predicted molar refractivity (Wildman–Crippen MR) is 93.5 cm³/mol. The monoisotopic (exact) mass is 342 g/mol. The largest absolute Gasteiger partial charge is 0.479 e. The molecule has 0 radical (unpaired) electrons. The van der Waals surface area contributed by atoms with Gasteiger partial charge in [0.15, 0.2) is 6.10 Å². The number of nitrogens with zero attached hydrogens (tertiary/aromatic N) is 1. The van der Waals surface area contributed by atoms with Gasteiger partial charge in [-0.3, -0.25) is 9.59 Å². The van der Waals surface area contributed by atoms with Crippen molar-refractivity contribution in [3.8, 4) is 5.75 Å². The zero-order valence-electron chi connectivity index (χ0n) is 14.1. The molecule has 0 saturated heterocycles. The third-order valence-corrected chi connectivity index (χ3v) is 3.99. The van der Waals surface area contributed by atoms with Crippen molar-refractivity contribution in [1.82, 2.24) is 0 Å². The Labute approximate surface area is 145 Å². The van der Waals surface area contributed by atoms with Crippen molar-refractivity contribution >= 4 is 23.2 Å². The predicted octanol–water partition coefficient (Wildman–Crippen LogP) is 3.60. The first kappa shape index (κ1) is 17.0. The van der Waals surface area contributed by atoms with Crippen LogP contribution in [0.2, 0.25) is 0 Å². The molecule has 0 fully saturated rings. The van der Waals surface area contributed by atoms with Gasteiger partial charge >= 0.3 is 0 Å². The maximum absolute atomic E-state index is 13.7. The average Bonchev–Trinajstić information content (AvgIpc) is 2.60. The number of amides is 2. The molecule has 1 aliphatic heterocycles. The molecule has 3 rings (SSSR count). The molecule has 1 atom stereocenters. The minimum Gasteiger partial charge on any atom is -0.479 e. The molecule has 0 aromatic heterocycles. The lowest BCUT2D eigenvalue weighted by molar-refractivity contribution is -0.125. The summed E-state index contributed by atoms with van der Waals surface area (Å²) in [6.45, 7) is 4.25. The SMILES string of the molecule is CCCN1C(=O)C(C)Oc2ccc(NC(=O)c3ccccc3F)cc21. The fraction of sp³-hybridized carbons (Fsp3) is 0.263. The van der Waals surface area contributed by atoms with Crippen molar-refractivity contribution in [2.45, 2.75) is 26.4 Å². The van der Waals surface area contributed by atoms with E-state index in [0.717, 1.165) is 6.42 Å². The minimum absolute atomic E-state index is 0.0356. The van der Waals surface area contributed by atoms with E-state index in [0.29, 0.717) is 23.7 Å². The van der Waals surface area contributed by atoms with E-state index >= 15 is 0 Å². The molecule has 1 unspecified atom stereocenters. The molecule has 2 aromatic carbocycles. The van der Waals surface area contributed by atoms with Crippen LogP contribution in [0.1, 0.15) is 30.6 Å². The minimum atomic E-state index is -0.585. The molecule has 25 heavy (non-hydrogen) atoms. The molecular formula is C19H19FN2O3. The molecule has 0 saturated carbocycles. The lowest BCUT2D eigenvalue weighted by Gasteiger charge is -2.33. The topological polar surface area (TPSA) is 58.6 Å². The van der Waals surface area contributed by atoms with Crippen molar-refractivity contribution in [3.63, 3.8) is 0 Å². The smallest absolute Gasteiger partial charge is 0.267 e. The Morgan fingerprint density at radius 2 is 2.04 bits per heavy atom. The van der Waals surface area contributed by atoms with E-state index in [2.05, 4.69) is 5.32 Å². The number of carbonyl (C=O) groups excluding carboxylic acids is 2. The molecule has 6 heteroatoms. The first-order chi connectivity index (χ1) is 12.0. The lowest BCUT2D eigenvalue weighted by atomic mass is 10.1. The van der Waals surface area contributed by atoms with Crippen molar-refractivity contribution in [2.75, 3.05) is 16.8 Å². The van der Waals surface area contributed by atoms with Gasteiger partial charge in [0, 0.05) is 12.2 Å². The van der Waals surface area contributed by atoms with Crippen molar-refractivity contribution in [3.05, 3.63) is 53.8 Å². The van der Waals surface area contributed by atoms with Gasteiger partial charge in [0.05, 0.1) is 11.3 Å². The van der Waals surface area contributed by atoms with Crippen LogP contribution >= 0.6 is 0 Å². The van der Waals surface area contributed by atoms with Crippen LogP contribution in [0.15, 0.2) is 42.5 Å². The van der Waals surface area contributed by atoms with Gasteiger partial charge in [0.1, 0.15) is 11.6 Å². The molecular weight excluding hydrogens is 323 g/mol. The molecule has 0 aliphatic carbocycles. The second-order valence-corrected chi connectivity index (χ2v) is 5.87. The summed E-state index contributed by atoms with van der Waals surface area (Å²) < 4.78 is 19.4. The molecule has 2 amide bonds. The summed E-state index contributed by atoms with van der Waals surface area (Å²) in [5.74, 6) is -0.661. The third-order valence-electron chi connectivity index (χ3n) is 3.99. The summed E-state index contributed by atoms with van der Waals surface area (Å²) in [4.78, 5) is 26.3. The Bertz CT molecular complexity index is 822. The van der Waals surface area contributed by atoms with E-state index in [1.165, 1.54) is 18.2 Å². The summed E-state index contributed by atoms with van der Waals surface area (Å²) in [6.07, 6.45) is 0.252. The number of fused-ring (bicyclic) bond motifs is 1. The Balaban J connectivity index is 1.89. The summed E-state index contributed by atoms with van der Waals surface area (Å²) in [6, 6.07) is 10.8. The highest BCUT2D eigenvalue weighted by atomic mass is 19.1. The van der Waals surface area contributed by atoms with Crippen LogP contribution in [-0.2, 0) is 4.79 Å². The third kappa shape index (κ3) is 3.33. The van der Waals surface area contributed by atoms with Crippen LogP contribution in [0.25, 0.3) is 0 Å². The van der Waals surface area contributed by atoms with Gasteiger partial charge in [-0.2, -0.15) is 0 Å². The Hall–Kier alpha value is -2.89. The van der Waals surface area contributed by atoms with Crippen LogP contribution < -0.4 is 15.0 Å². The van der Waals surface area contributed by atoms with Gasteiger partial charge in [-0.25, -0.2) is 4.39 Å². The van der Waals surface area contributed by atoms with Crippen LogP contribution in [0, 0.1) is 5.82 Å². The van der Waals surface area contributed by atoms with Gasteiger partial charge < -0.3 is 15.0 Å². The molecule has 1 heterocycles. The van der Waals surface area contributed by atoms with Crippen molar-refractivity contribution in [2.24, 2.45) is 0 Å². The average molecular weight is 342 g/mol. The highest BCUT2D eigenvalue weighted by Crippen LogP contribution is 2.36. The number of hydrogen-bond acceptors (Lipinski definition) is 3. The van der Waals surface area contributed by atoms with Crippen LogP contribution in [0.5, 0.6) is 5.75 Å². The second kappa shape index (κ2) is 6.93. The summed E-state index contributed by atoms with van der Waals surface area (Å²) in [5.41, 5.74) is 1.04. The Morgan fingerprint density at radius 3 is 2.76 bits per heavy atom. The highest BCUT2D eigenvalue weighted by molar-refractivity contribution is 6.05. The lowest BCUT2D eigenvalue weighted by Crippen LogP contribution is -2.44. The number of rotatable bonds is 4. The van der Waals surface area contributed by atoms with Crippen LogP contribution in [-0.4, -0.2) is 24.5 Å². The maximum atomic E-state index is 13.7. The first-order valence-corrected chi connectivity index (χ1v) is 8.19. The van der Waals surface area contributed by atoms with Crippen LogP contribution in [0.4, 0.5) is 15.8 Å². The molecule has 1 N–H and O–H groups in total. The normalized spacial score (nSPS) is 16.2. The van der Waals surface area contributed by atoms with E-state index in [9.17, 15) is 14.0 Å². The standard InChI is InChI=1S/C19H19FN2O3/c1-3-10-22-16-11-13(8-9-17(16)25-12(2)19(22)24)21-18(23)14-6-4-5-7-15(14)20/h4-9,11-12H,3,10H2,1-2H3,(H,21,23). The van der Waals surface area contributed by atoms with E-state index < -0.39 is 17.8 Å². The molecule has 130 valence electrons. The van der Waals surface area contributed by atoms with Gasteiger partial charge in [0.2, 0.25) is 0 Å². The first-order valence-electron chi connectivity index (χ1n) is 8.19. The zero-order valence-corrected chi connectivity index (χ0v) is 14.1. The van der Waals surface area contributed by atoms with E-state index in [4.69, 9.17) is 4.74 Å². The summed E-state index contributed by atoms with van der Waals surface area (Å²) in [5, 5.41) is 2.67. The number of ether oxygens (including phenoxy) is 1. The van der Waals surface area contributed by atoms with Gasteiger partial charge in [-0.05, 0) is 43.7 Å². The Kier molecular flexibility index (Phi) is 4.70. The quantitative estimate of drug-likeness (QED) is 0.923. The van der Waals surface area contributed by atoms with E-state index in [1.807, 2.05) is 6.92 Å². The number of carbonyl (C=O) groups is 2. The molecule has 2 aromatic rings. The number of halogens is 1. The van der Waals surface area contributed by atoms with E-state index in [-0.39, 0.29) is 11.5 Å². The van der Waals surface area contributed by atoms with Gasteiger partial charge in [-0.1, -0.05) is 19.1 Å². The summed E-state index contributed by atoms with van der Waals surface area (Å²) >= 11 is 0.